The molecule has 0 aliphatic heterocycles. The van der Waals surface area contributed by atoms with E-state index >= 15 is 0 Å². The maximum absolute atomic E-state index is 11.7. The van der Waals surface area contributed by atoms with Gasteiger partial charge in [0, 0.05) is 18.0 Å². The molecule has 3 saturated carbocycles. The number of hydrogen-bond donors (Lipinski definition) is 2. The second kappa shape index (κ2) is 9.10. The summed E-state index contributed by atoms with van der Waals surface area (Å²) < 4.78 is 5.80. The lowest BCUT2D eigenvalue weighted by molar-refractivity contribution is -0.157. The van der Waals surface area contributed by atoms with Crippen molar-refractivity contribution in [3.05, 3.63) is 42.0 Å². The lowest BCUT2D eigenvalue weighted by Crippen LogP contribution is -2.51. The Morgan fingerprint density at radius 1 is 1.06 bits per heavy atom. The van der Waals surface area contributed by atoms with Gasteiger partial charge in [-0.25, -0.2) is 0 Å². The summed E-state index contributed by atoms with van der Waals surface area (Å²) in [6, 6.07) is 9.92. The largest absolute Gasteiger partial charge is 0.462 e. The molecule has 34 heavy (non-hydrogen) atoms. The number of nitrogens with one attached hydrogen (secondary N) is 2. The Kier molecular flexibility index (Phi) is 6.30. The van der Waals surface area contributed by atoms with Crippen molar-refractivity contribution in [1.82, 2.24) is 5.43 Å². The monoisotopic (exact) mass is 479 g/mol. The Labute approximate surface area is 208 Å². The minimum Gasteiger partial charge on any atom is -0.462 e. The molecule has 6 atom stereocenters. The maximum Gasteiger partial charge on any atom is 0.302 e. The van der Waals surface area contributed by atoms with Crippen LogP contribution in [0.1, 0.15) is 72.1 Å². The second-order valence-corrected chi connectivity index (χ2v) is 11.7. The first-order chi connectivity index (χ1) is 16.3. The number of allylic oxidation sites excluding steroid dienone is 2. The van der Waals surface area contributed by atoms with Gasteiger partial charge in [-0.05, 0) is 105 Å². The summed E-state index contributed by atoms with van der Waals surface area (Å²) in [7, 11) is 0. The summed E-state index contributed by atoms with van der Waals surface area (Å²) in [5.74, 6) is 2.01. The van der Waals surface area contributed by atoms with Crippen molar-refractivity contribution in [2.75, 3.05) is 5.32 Å². The van der Waals surface area contributed by atoms with Gasteiger partial charge in [0.05, 0.1) is 5.71 Å². The topological polar surface area (TPSA) is 62.7 Å². The molecule has 2 N–H and O–H groups in total. The number of fused-ring (bicyclic) bond motifs is 5. The van der Waals surface area contributed by atoms with Crippen molar-refractivity contribution in [3.63, 3.8) is 0 Å². The number of ether oxygens (including phenoxy) is 1. The first-order valence-electron chi connectivity index (χ1n) is 12.9. The van der Waals surface area contributed by atoms with E-state index in [2.05, 4.69) is 35.8 Å². The average molecular weight is 480 g/mol. The van der Waals surface area contributed by atoms with E-state index < -0.39 is 0 Å². The fourth-order valence-electron chi connectivity index (χ4n) is 7.81. The van der Waals surface area contributed by atoms with Gasteiger partial charge < -0.3 is 10.1 Å². The smallest absolute Gasteiger partial charge is 0.302 e. The molecule has 4 aliphatic carbocycles. The number of hydrazone groups is 1. The van der Waals surface area contributed by atoms with Crippen LogP contribution >= 0.6 is 12.2 Å². The molecule has 5 rings (SSSR count). The third kappa shape index (κ3) is 4.19. The molecule has 6 unspecified atom stereocenters. The minimum atomic E-state index is -0.124. The minimum absolute atomic E-state index is 0.102. The van der Waals surface area contributed by atoms with E-state index in [1.165, 1.54) is 25.7 Å². The highest BCUT2D eigenvalue weighted by Gasteiger charge is 2.59. The number of carbonyl (C=O) groups is 1. The van der Waals surface area contributed by atoms with Crippen molar-refractivity contribution in [3.8, 4) is 0 Å². The SMILES string of the molecule is CC(=O)OC1CCC2C3CCC4=CC(=NNC(=S)Nc5ccccc5)CCC4(C)C3CCC12C. The number of nitrogens with zero attached hydrogens (tertiary/aromatic N) is 1. The van der Waals surface area contributed by atoms with Crippen molar-refractivity contribution >= 4 is 34.7 Å². The molecule has 5 nitrogen and oxygen atoms in total. The number of carbonyl (C=O) groups excluding carboxylic acids is 1. The van der Waals surface area contributed by atoms with Gasteiger partial charge in [0.1, 0.15) is 6.10 Å². The summed E-state index contributed by atoms with van der Waals surface area (Å²) in [4.78, 5) is 11.7. The van der Waals surface area contributed by atoms with Crippen molar-refractivity contribution in [2.45, 2.75) is 78.2 Å². The standard InChI is InChI=1S/C28H37N3O2S/c1-18(32)33-25-12-11-23-22-10-9-19-17-21(30-31-26(34)29-20-7-5-4-6-8-20)13-15-27(19,2)24(22)14-16-28(23,25)3/h4-8,17,22-25H,9-16H2,1-3H3,(H2,29,31,34). The van der Waals surface area contributed by atoms with Crippen LogP contribution in [0.25, 0.3) is 0 Å². The van der Waals surface area contributed by atoms with E-state index in [0.717, 1.165) is 48.9 Å². The van der Waals surface area contributed by atoms with Gasteiger partial charge in [-0.1, -0.05) is 37.6 Å². The molecule has 4 aliphatic rings. The summed E-state index contributed by atoms with van der Waals surface area (Å²) in [6.07, 6.45) is 11.6. The normalized spacial score (nSPS) is 37.6. The van der Waals surface area contributed by atoms with Crippen molar-refractivity contribution in [2.24, 2.45) is 33.7 Å². The lowest BCUT2D eigenvalue weighted by atomic mass is 9.47. The molecule has 6 heteroatoms. The van der Waals surface area contributed by atoms with Gasteiger partial charge in [0.2, 0.25) is 0 Å². The summed E-state index contributed by atoms with van der Waals surface area (Å²) in [5, 5.41) is 8.35. The number of esters is 1. The summed E-state index contributed by atoms with van der Waals surface area (Å²) in [5.41, 5.74) is 7.07. The first-order valence-corrected chi connectivity index (χ1v) is 13.3. The average Bonchev–Trinajstić information content (AvgIpc) is 3.14. The van der Waals surface area contributed by atoms with Crippen LogP contribution in [0.3, 0.4) is 0 Å². The Morgan fingerprint density at radius 2 is 1.85 bits per heavy atom. The quantitative estimate of drug-likeness (QED) is 0.306. The van der Waals surface area contributed by atoms with E-state index in [9.17, 15) is 4.79 Å². The third-order valence-corrected chi connectivity index (χ3v) is 9.72. The van der Waals surface area contributed by atoms with E-state index in [4.69, 9.17) is 17.0 Å². The molecular formula is C28H37N3O2S. The molecule has 0 saturated heterocycles. The van der Waals surface area contributed by atoms with Crippen LogP contribution in [-0.4, -0.2) is 22.9 Å². The zero-order valence-corrected chi connectivity index (χ0v) is 21.4. The predicted molar refractivity (Wildman–Crippen MR) is 140 cm³/mol. The Hall–Kier alpha value is -2.21. The Balaban J connectivity index is 1.27. The highest BCUT2D eigenvalue weighted by molar-refractivity contribution is 7.80. The molecule has 1 aromatic carbocycles. The summed E-state index contributed by atoms with van der Waals surface area (Å²) in [6.45, 7) is 6.45. The highest BCUT2D eigenvalue weighted by Crippen LogP contribution is 2.65. The molecule has 3 fully saturated rings. The predicted octanol–water partition coefficient (Wildman–Crippen LogP) is 6.22. The van der Waals surface area contributed by atoms with Crippen molar-refractivity contribution in [1.29, 1.82) is 0 Å². The Bertz CT molecular complexity index is 1020. The van der Waals surface area contributed by atoms with Gasteiger partial charge in [-0.3, -0.25) is 10.2 Å². The first kappa shape index (κ1) is 23.5. The molecular weight excluding hydrogens is 442 g/mol. The molecule has 0 radical (unpaired) electrons. The molecule has 0 amide bonds. The van der Waals surface area contributed by atoms with E-state index in [1.807, 2.05) is 30.3 Å². The van der Waals surface area contributed by atoms with Crippen LogP contribution < -0.4 is 10.7 Å². The molecule has 0 spiro atoms. The maximum atomic E-state index is 11.7. The van der Waals surface area contributed by atoms with Crippen molar-refractivity contribution < 1.29 is 9.53 Å². The van der Waals surface area contributed by atoms with Gasteiger partial charge >= 0.3 is 5.97 Å². The van der Waals surface area contributed by atoms with E-state index in [1.54, 1.807) is 12.5 Å². The van der Waals surface area contributed by atoms with Crippen LogP contribution in [0.5, 0.6) is 0 Å². The molecule has 0 bridgehead atoms. The van der Waals surface area contributed by atoms with Crippen LogP contribution in [0.2, 0.25) is 0 Å². The zero-order valence-electron chi connectivity index (χ0n) is 20.6. The molecule has 1 aromatic rings. The highest BCUT2D eigenvalue weighted by atomic mass is 32.1. The van der Waals surface area contributed by atoms with Gasteiger partial charge in [-0.2, -0.15) is 5.10 Å². The van der Waals surface area contributed by atoms with E-state index in [0.29, 0.717) is 11.0 Å². The number of thiocarbonyl (C=S) groups is 1. The van der Waals surface area contributed by atoms with Crippen LogP contribution in [0.15, 0.2) is 47.1 Å². The molecule has 0 heterocycles. The van der Waals surface area contributed by atoms with Gasteiger partial charge in [0.25, 0.3) is 0 Å². The molecule has 182 valence electrons. The van der Waals surface area contributed by atoms with Gasteiger partial charge in [-0.15, -0.1) is 0 Å². The summed E-state index contributed by atoms with van der Waals surface area (Å²) >= 11 is 5.43. The number of anilines is 1. The van der Waals surface area contributed by atoms with Gasteiger partial charge in [0.15, 0.2) is 5.11 Å². The number of para-hydroxylation sites is 1. The lowest BCUT2D eigenvalue weighted by Gasteiger charge is -2.58. The third-order valence-electron chi connectivity index (χ3n) is 9.53. The van der Waals surface area contributed by atoms with Crippen LogP contribution in [0, 0.1) is 28.6 Å². The Morgan fingerprint density at radius 3 is 2.62 bits per heavy atom. The zero-order chi connectivity index (χ0) is 23.9. The fourth-order valence-corrected chi connectivity index (χ4v) is 7.97. The van der Waals surface area contributed by atoms with Crippen LogP contribution in [0.4, 0.5) is 5.69 Å². The van der Waals surface area contributed by atoms with Crippen LogP contribution in [-0.2, 0) is 9.53 Å². The van der Waals surface area contributed by atoms with E-state index in [-0.39, 0.29) is 22.9 Å². The number of benzene rings is 1. The number of hydrogen-bond acceptors (Lipinski definition) is 4. The second-order valence-electron chi connectivity index (χ2n) is 11.3. The molecule has 0 aromatic heterocycles. The fraction of sp³-hybridized carbons (Fsp3) is 0.607. The number of rotatable bonds is 3.